The van der Waals surface area contributed by atoms with Crippen LogP contribution in [0.2, 0.25) is 0 Å². The first-order valence-electron chi connectivity index (χ1n) is 11.5. The van der Waals surface area contributed by atoms with E-state index in [4.69, 9.17) is 15.6 Å². The summed E-state index contributed by atoms with van der Waals surface area (Å²) in [6.07, 6.45) is 1.63. The van der Waals surface area contributed by atoms with E-state index in [0.717, 1.165) is 0 Å². The number of hydrogen-bond donors (Lipinski definition) is 5. The lowest BCUT2D eigenvalue weighted by molar-refractivity contribution is -0.132. The Kier molecular flexibility index (Phi) is 17.8. The smallest absolute Gasteiger partial charge is 0.236 e. The van der Waals surface area contributed by atoms with Crippen LogP contribution in [0.15, 0.2) is 0 Å². The lowest BCUT2D eigenvalue weighted by Gasteiger charge is -2.25. The van der Waals surface area contributed by atoms with Gasteiger partial charge in [-0.1, -0.05) is 52.1 Å². The fraction of sp³-hybridized carbons (Fsp3) is 0.773. The van der Waals surface area contributed by atoms with Crippen molar-refractivity contribution in [2.24, 2.45) is 17.6 Å². The van der Waals surface area contributed by atoms with Gasteiger partial charge in [0.1, 0.15) is 9.65 Å². The van der Waals surface area contributed by atoms with Crippen molar-refractivity contribution in [3.8, 4) is 0 Å². The second-order valence-corrected chi connectivity index (χ2v) is 10.3. The summed E-state index contributed by atoms with van der Waals surface area (Å²) in [5.74, 6) is -2.85. The number of alkyl halides is 2. The average molecular weight is 630 g/mol. The Labute approximate surface area is 223 Å². The highest BCUT2D eigenvalue weighted by atomic mass is 79.9. The number of Topliss-reactive ketones (excluding diaryl/α,β-unsaturated/α-hetero) is 1. The minimum Gasteiger partial charge on any atom is -0.394 e. The minimum atomic E-state index is -0.960. The van der Waals surface area contributed by atoms with Crippen molar-refractivity contribution in [1.82, 2.24) is 16.0 Å². The maximum absolute atomic E-state index is 13.0. The van der Waals surface area contributed by atoms with Crippen LogP contribution in [-0.4, -0.2) is 83.6 Å². The zero-order valence-corrected chi connectivity index (χ0v) is 23.7. The first-order chi connectivity index (χ1) is 16.5. The van der Waals surface area contributed by atoms with Gasteiger partial charge in [0.05, 0.1) is 25.9 Å². The van der Waals surface area contributed by atoms with E-state index in [1.165, 1.54) is 7.05 Å². The number of halogens is 2. The molecule has 0 heterocycles. The first-order valence-corrected chi connectivity index (χ1v) is 13.4. The van der Waals surface area contributed by atoms with Crippen LogP contribution in [0.4, 0.5) is 0 Å². The number of aliphatic hydroxyl groups is 1. The number of aliphatic hydroxyl groups excluding tert-OH is 1. The van der Waals surface area contributed by atoms with Gasteiger partial charge in [-0.3, -0.25) is 24.0 Å². The molecule has 0 aromatic rings. The first kappa shape index (κ1) is 33.4. The molecule has 0 aliphatic carbocycles. The molecule has 6 N–H and O–H groups in total. The maximum Gasteiger partial charge on any atom is 0.236 e. The van der Waals surface area contributed by atoms with Crippen molar-refractivity contribution in [1.29, 1.82) is 0 Å². The van der Waals surface area contributed by atoms with Gasteiger partial charge in [0.25, 0.3) is 0 Å². The van der Waals surface area contributed by atoms with Crippen molar-refractivity contribution >= 4 is 61.3 Å². The van der Waals surface area contributed by atoms with Gasteiger partial charge < -0.3 is 31.5 Å². The Morgan fingerprint density at radius 2 is 1.60 bits per heavy atom. The second kappa shape index (κ2) is 18.7. The number of rotatable bonds is 19. The molecule has 0 fully saturated rings. The standard InChI is InChI=1S/C22H38Br2N4O7/c1-13(2)19(15(30)12-14(20(32)26-3)6-4-5-7-16(25)31)28-22(34)18(24)17(23)21(33)27-8-10-35-11-9-29/h13-14,17-19,29H,4-12H2,1-3H3,(H2,25,31)(H,26,32)(H,27,33)(H,28,34)/t14-,17?,18?,19+/m1/s1. The van der Waals surface area contributed by atoms with Crippen molar-refractivity contribution in [3.63, 3.8) is 0 Å². The fourth-order valence-corrected chi connectivity index (χ4v) is 3.99. The van der Waals surface area contributed by atoms with Crippen LogP contribution in [0.3, 0.4) is 0 Å². The zero-order chi connectivity index (χ0) is 27.0. The van der Waals surface area contributed by atoms with Crippen LogP contribution in [0.5, 0.6) is 0 Å². The zero-order valence-electron chi connectivity index (χ0n) is 20.5. The minimum absolute atomic E-state index is 0.0710. The normalized spacial score (nSPS) is 14.5. The number of hydrogen-bond acceptors (Lipinski definition) is 7. The molecule has 0 saturated heterocycles. The molecule has 0 aromatic heterocycles. The molecular weight excluding hydrogens is 592 g/mol. The molecule has 11 nitrogen and oxygen atoms in total. The topological polar surface area (TPSA) is 177 Å². The average Bonchev–Trinajstić information content (AvgIpc) is 2.81. The Hall–Kier alpha value is -1.57. The summed E-state index contributed by atoms with van der Waals surface area (Å²) >= 11 is 6.41. The molecule has 4 amide bonds. The van der Waals surface area contributed by atoms with Gasteiger partial charge in [0.15, 0.2) is 5.78 Å². The summed E-state index contributed by atoms with van der Waals surface area (Å²) in [7, 11) is 1.49. The van der Waals surface area contributed by atoms with Gasteiger partial charge in [-0.15, -0.1) is 0 Å². The Balaban J connectivity index is 5.01. The van der Waals surface area contributed by atoms with Crippen LogP contribution in [0.1, 0.15) is 46.0 Å². The van der Waals surface area contributed by atoms with E-state index < -0.39 is 39.3 Å². The molecule has 2 unspecified atom stereocenters. The molecule has 0 spiro atoms. The number of primary amides is 1. The molecule has 35 heavy (non-hydrogen) atoms. The molecule has 0 radical (unpaired) electrons. The molecular formula is C22H38Br2N4O7. The van der Waals surface area contributed by atoms with Crippen LogP contribution >= 0.6 is 31.9 Å². The molecule has 0 aromatic carbocycles. The van der Waals surface area contributed by atoms with Crippen LogP contribution in [0, 0.1) is 11.8 Å². The van der Waals surface area contributed by atoms with E-state index in [0.29, 0.717) is 19.3 Å². The molecule has 4 atom stereocenters. The largest absolute Gasteiger partial charge is 0.394 e. The van der Waals surface area contributed by atoms with Gasteiger partial charge in [-0.2, -0.15) is 0 Å². The van der Waals surface area contributed by atoms with E-state index in [-0.39, 0.29) is 56.8 Å². The molecule has 0 bridgehead atoms. The van der Waals surface area contributed by atoms with Crippen LogP contribution in [0.25, 0.3) is 0 Å². The van der Waals surface area contributed by atoms with E-state index in [1.807, 2.05) is 0 Å². The number of ether oxygens (including phenoxy) is 1. The summed E-state index contributed by atoms with van der Waals surface area (Å²) in [6.45, 7) is 4.01. The summed E-state index contributed by atoms with van der Waals surface area (Å²) in [5.41, 5.74) is 5.14. The summed E-state index contributed by atoms with van der Waals surface area (Å²) in [5, 5.41) is 16.5. The highest BCUT2D eigenvalue weighted by Gasteiger charge is 2.34. The third-order valence-corrected chi connectivity index (χ3v) is 7.74. The quantitative estimate of drug-likeness (QED) is 0.0997. The van der Waals surface area contributed by atoms with Gasteiger partial charge in [0, 0.05) is 32.4 Å². The lowest BCUT2D eigenvalue weighted by atomic mass is 9.89. The lowest BCUT2D eigenvalue weighted by Crippen LogP contribution is -2.51. The number of carbonyl (C=O) groups is 5. The number of carbonyl (C=O) groups excluding carboxylic acids is 5. The summed E-state index contributed by atoms with van der Waals surface area (Å²) < 4.78 is 5.07. The third kappa shape index (κ3) is 13.9. The highest BCUT2D eigenvalue weighted by molar-refractivity contribution is 9.12. The molecule has 0 saturated carbocycles. The fourth-order valence-electron chi connectivity index (χ4n) is 3.22. The highest BCUT2D eigenvalue weighted by Crippen LogP contribution is 2.20. The monoisotopic (exact) mass is 628 g/mol. The predicted octanol–water partition coefficient (Wildman–Crippen LogP) is 0.146. The van der Waals surface area contributed by atoms with E-state index in [1.54, 1.807) is 13.8 Å². The van der Waals surface area contributed by atoms with E-state index in [9.17, 15) is 24.0 Å². The molecule has 0 aliphatic heterocycles. The molecule has 202 valence electrons. The number of unbranched alkanes of at least 4 members (excludes halogenated alkanes) is 1. The summed E-state index contributed by atoms with van der Waals surface area (Å²) in [4.78, 5) is 59.4. The second-order valence-electron chi connectivity index (χ2n) is 8.35. The van der Waals surface area contributed by atoms with E-state index in [2.05, 4.69) is 47.8 Å². The van der Waals surface area contributed by atoms with Gasteiger partial charge >= 0.3 is 0 Å². The van der Waals surface area contributed by atoms with E-state index >= 15 is 0 Å². The van der Waals surface area contributed by atoms with Crippen molar-refractivity contribution in [2.45, 2.75) is 61.6 Å². The van der Waals surface area contributed by atoms with Gasteiger partial charge in [-0.05, 0) is 18.8 Å². The van der Waals surface area contributed by atoms with Crippen LogP contribution < -0.4 is 21.7 Å². The predicted molar refractivity (Wildman–Crippen MR) is 138 cm³/mol. The summed E-state index contributed by atoms with van der Waals surface area (Å²) in [6, 6.07) is -0.852. The number of amides is 4. The van der Waals surface area contributed by atoms with Gasteiger partial charge in [0.2, 0.25) is 23.6 Å². The van der Waals surface area contributed by atoms with Gasteiger partial charge in [-0.25, -0.2) is 0 Å². The number of ketones is 1. The number of nitrogens with two attached hydrogens (primary N) is 1. The molecule has 13 heteroatoms. The van der Waals surface area contributed by atoms with Crippen molar-refractivity contribution in [3.05, 3.63) is 0 Å². The maximum atomic E-state index is 13.0. The number of nitrogens with one attached hydrogen (secondary N) is 3. The molecule has 0 aliphatic rings. The van der Waals surface area contributed by atoms with Crippen LogP contribution in [-0.2, 0) is 28.7 Å². The third-order valence-electron chi connectivity index (χ3n) is 5.14. The van der Waals surface area contributed by atoms with Crippen molar-refractivity contribution < 1.29 is 33.8 Å². The Bertz CT molecular complexity index is 709. The Morgan fingerprint density at radius 1 is 0.971 bits per heavy atom. The SMILES string of the molecule is CNC(=O)[C@H](CCCCC(N)=O)CC(=O)[C@@H](NC(=O)C(Br)C(Br)C(=O)NCCOCCO)C(C)C. The molecule has 0 rings (SSSR count). The Morgan fingerprint density at radius 3 is 2.14 bits per heavy atom. The van der Waals surface area contributed by atoms with Crippen molar-refractivity contribution in [2.75, 3.05) is 33.4 Å².